The summed E-state index contributed by atoms with van der Waals surface area (Å²) in [6, 6.07) is 7.53. The zero-order valence-electron chi connectivity index (χ0n) is 45.4. The number of likely N-dealkylation sites (N-methyl/N-ethyl adjacent to an activating group) is 1. The molecule has 2 aliphatic heterocycles. The molecular weight excluding hydrogens is 1020 g/mol. The number of aldehydes is 2. The van der Waals surface area contributed by atoms with Crippen molar-refractivity contribution in [2.24, 2.45) is 11.8 Å². The molecule has 2 heterocycles. The van der Waals surface area contributed by atoms with Crippen molar-refractivity contribution in [3.63, 3.8) is 0 Å². The molecule has 5 rings (SSSR count). The van der Waals surface area contributed by atoms with Crippen LogP contribution in [0.25, 0.3) is 0 Å². The highest BCUT2D eigenvalue weighted by molar-refractivity contribution is 7.99. The molecule has 2 saturated heterocycles. The molecule has 21 heteroatoms. The molecule has 1 aliphatic carbocycles. The normalized spacial score (nSPS) is 24.5. The van der Waals surface area contributed by atoms with Crippen molar-refractivity contribution in [1.82, 2.24) is 20.9 Å². The van der Waals surface area contributed by atoms with E-state index in [1.807, 2.05) is 19.9 Å². The minimum atomic E-state index is -1.77. The van der Waals surface area contributed by atoms with Gasteiger partial charge in [-0.25, -0.2) is 9.59 Å². The zero-order chi connectivity index (χ0) is 56.1. The number of hydrogen-bond acceptors (Lipinski definition) is 15. The van der Waals surface area contributed by atoms with Gasteiger partial charge in [0.05, 0.1) is 25.0 Å². The number of thioether (sulfide) groups is 1. The van der Waals surface area contributed by atoms with E-state index < -0.39 is 59.3 Å². The molecule has 418 valence electrons. The fourth-order valence-corrected chi connectivity index (χ4v) is 11.0. The number of alkyl carbamates (subject to hydrolysis) is 1. The van der Waals surface area contributed by atoms with Gasteiger partial charge >= 0.3 is 12.1 Å². The molecule has 4 N–H and O–H groups in total. The number of amides is 5. The van der Waals surface area contributed by atoms with Crippen molar-refractivity contribution >= 4 is 77.3 Å². The maximum atomic E-state index is 14.3. The lowest BCUT2D eigenvalue weighted by Crippen LogP contribution is -2.72. The third kappa shape index (κ3) is 15.6. The summed E-state index contributed by atoms with van der Waals surface area (Å²) in [7, 11) is 5.92. The number of allylic oxidation sites excluding steroid dienone is 2. The number of methoxy groups -OCH3 is 2. The average Bonchev–Trinajstić information content (AvgIpc) is 3.39. The summed E-state index contributed by atoms with van der Waals surface area (Å²) in [4.78, 5) is 105. The van der Waals surface area contributed by atoms with Crippen LogP contribution in [0.2, 0.25) is 5.02 Å². The number of halogens is 1. The molecule has 2 aromatic rings. The Balaban J connectivity index is 1.13. The fourth-order valence-electron chi connectivity index (χ4n) is 9.98. The lowest BCUT2D eigenvalue weighted by Gasteiger charge is -2.59. The molecule has 0 radical (unpaired) electrons. The van der Waals surface area contributed by atoms with Gasteiger partial charge < -0.3 is 49.2 Å². The Morgan fingerprint density at radius 1 is 0.987 bits per heavy atom. The van der Waals surface area contributed by atoms with E-state index in [2.05, 4.69) is 16.0 Å². The molecule has 7 atom stereocenters. The molecule has 3 aliphatic rings. The van der Waals surface area contributed by atoms with Crippen LogP contribution in [0.3, 0.4) is 0 Å². The second-order valence-corrected chi connectivity index (χ2v) is 22.2. The van der Waals surface area contributed by atoms with Crippen molar-refractivity contribution < 1.29 is 67.1 Å². The molecule has 0 spiro atoms. The molecule has 0 aromatic heterocycles. The second kappa shape index (κ2) is 27.2. The van der Waals surface area contributed by atoms with Gasteiger partial charge in [0.2, 0.25) is 23.6 Å². The third-order valence-electron chi connectivity index (χ3n) is 15.2. The summed E-state index contributed by atoms with van der Waals surface area (Å²) in [5.74, 6) is -0.943. The number of aliphatic hydroxyl groups is 1. The number of carbonyl (C=O) groups excluding carboxylic acids is 8. The Morgan fingerprint density at radius 2 is 1.67 bits per heavy atom. The standard InChI is InChI=1S/C55H76ClN5O14S/c1-11-33(2)22-38-24-42(49(56)43(25-38)72-10)61(8)48(66)26-44(53(5)32-54(6,75-53)45-27-55(70,35(4)71-9)59-52(69)74-45)73-51(68)34(3)60(7)47(65)19-21-76-31-46(64)58-28-37-13-15-39(16-14-37)50(67)57-20-18-36-12-17-40(29-62)41(23-36)30-63/h11-12,17,23-25,29-30,34-35,37,39,44-45,70H,13-16,18-22,26-28,31-32H2,1-10H3,(H,57,67)(H,58,64)(H,59,69)/b33-11+/t34-,35?,37?,39?,44-,45?,53?,54?,55?/m0/s1. The van der Waals surface area contributed by atoms with Crippen LogP contribution < -0.4 is 25.6 Å². The Kier molecular flexibility index (Phi) is 21.9. The van der Waals surface area contributed by atoms with Gasteiger partial charge in [-0.2, -0.15) is 11.8 Å². The third-order valence-corrected chi connectivity index (χ3v) is 16.5. The van der Waals surface area contributed by atoms with Crippen LogP contribution in [0.15, 0.2) is 42.0 Å². The van der Waals surface area contributed by atoms with Gasteiger partial charge in [0.25, 0.3) is 0 Å². The molecule has 2 aromatic carbocycles. The quantitative estimate of drug-likeness (QED) is 0.0357. The largest absolute Gasteiger partial charge is 0.495 e. The van der Waals surface area contributed by atoms with Crippen LogP contribution in [-0.2, 0) is 55.8 Å². The van der Waals surface area contributed by atoms with Gasteiger partial charge in [-0.3, -0.25) is 34.1 Å². The lowest BCUT2D eigenvalue weighted by molar-refractivity contribution is -0.329. The predicted octanol–water partition coefficient (Wildman–Crippen LogP) is 6.16. The van der Waals surface area contributed by atoms with E-state index in [-0.39, 0.29) is 66.0 Å². The predicted molar refractivity (Wildman–Crippen MR) is 288 cm³/mol. The fraction of sp³-hybridized carbons (Fsp3) is 0.600. The monoisotopic (exact) mass is 1100 g/mol. The highest BCUT2D eigenvalue weighted by atomic mass is 35.5. The topological polar surface area (TPSA) is 246 Å². The Hall–Kier alpha value is -5.54. The maximum absolute atomic E-state index is 14.3. The van der Waals surface area contributed by atoms with Gasteiger partial charge in [0, 0.05) is 76.4 Å². The molecule has 1 saturated carbocycles. The highest BCUT2D eigenvalue weighted by Crippen LogP contribution is 2.50. The molecule has 5 amide bonds. The van der Waals surface area contributed by atoms with Gasteiger partial charge in [-0.1, -0.05) is 35.4 Å². The van der Waals surface area contributed by atoms with E-state index in [1.54, 1.807) is 58.2 Å². The number of benzene rings is 2. The van der Waals surface area contributed by atoms with E-state index in [0.717, 1.165) is 29.5 Å². The van der Waals surface area contributed by atoms with Gasteiger partial charge in [0.15, 0.2) is 18.3 Å². The van der Waals surface area contributed by atoms with Crippen molar-refractivity contribution in [2.75, 3.05) is 57.8 Å². The Bertz CT molecular complexity index is 2480. The lowest BCUT2D eigenvalue weighted by atomic mass is 9.72. The summed E-state index contributed by atoms with van der Waals surface area (Å²) in [6.07, 6.45) is 3.16. The summed E-state index contributed by atoms with van der Waals surface area (Å²) < 4.78 is 29.2. The molecule has 5 unspecified atom stereocenters. The molecule has 19 nitrogen and oxygen atoms in total. The van der Waals surface area contributed by atoms with Crippen LogP contribution >= 0.6 is 23.4 Å². The van der Waals surface area contributed by atoms with Crippen LogP contribution in [-0.4, -0.2) is 152 Å². The summed E-state index contributed by atoms with van der Waals surface area (Å²) in [5.41, 5.74) is -0.469. The molecule has 76 heavy (non-hydrogen) atoms. The minimum absolute atomic E-state index is 0.0229. The number of ether oxygens (including phenoxy) is 5. The molecule has 0 bridgehead atoms. The minimum Gasteiger partial charge on any atom is -0.495 e. The summed E-state index contributed by atoms with van der Waals surface area (Å²) >= 11 is 8.07. The van der Waals surface area contributed by atoms with E-state index in [9.17, 15) is 43.5 Å². The van der Waals surface area contributed by atoms with Crippen LogP contribution in [0.1, 0.15) is 125 Å². The first kappa shape index (κ1) is 61.3. The average molecular weight is 1100 g/mol. The number of nitrogens with zero attached hydrogens (tertiary/aromatic N) is 2. The molecule has 3 fully saturated rings. The van der Waals surface area contributed by atoms with Crippen LogP contribution in [0.4, 0.5) is 10.5 Å². The number of hydrogen-bond donors (Lipinski definition) is 4. The van der Waals surface area contributed by atoms with E-state index in [4.69, 9.17) is 35.3 Å². The van der Waals surface area contributed by atoms with E-state index in [1.165, 1.54) is 49.8 Å². The summed E-state index contributed by atoms with van der Waals surface area (Å²) in [6.45, 7) is 11.3. The van der Waals surface area contributed by atoms with Crippen LogP contribution in [0, 0.1) is 11.8 Å². The van der Waals surface area contributed by atoms with Crippen molar-refractivity contribution in [3.8, 4) is 5.75 Å². The molecular formula is C55H76ClN5O14S. The van der Waals surface area contributed by atoms with Crippen molar-refractivity contribution in [2.45, 2.75) is 147 Å². The van der Waals surface area contributed by atoms with Gasteiger partial charge in [-0.15, -0.1) is 0 Å². The Morgan fingerprint density at radius 3 is 2.30 bits per heavy atom. The maximum Gasteiger partial charge on any atom is 0.409 e. The SMILES string of the molecule is C/C=C(\C)Cc1cc(OC)c(Cl)c(N(C)C(=O)C[C@H](OC(=O)[C@H](C)N(C)C(=O)CCSCC(=O)NCC2CCC(C(=O)NCCc3ccc(C=O)c(C=O)c3)CC2)C2(C)CC(C)(C3CC(O)(C(C)OC)NC(=O)O3)O2)c1. The first-order valence-electron chi connectivity index (χ1n) is 25.7. The number of cyclic esters (lactones) is 1. The van der Waals surface area contributed by atoms with Crippen molar-refractivity contribution in [1.29, 1.82) is 0 Å². The van der Waals surface area contributed by atoms with Crippen molar-refractivity contribution in [3.05, 3.63) is 69.3 Å². The zero-order valence-corrected chi connectivity index (χ0v) is 47.0. The number of nitrogens with one attached hydrogen (secondary N) is 3. The number of carbonyl (C=O) groups is 8. The van der Waals surface area contributed by atoms with E-state index >= 15 is 0 Å². The number of rotatable bonds is 26. The number of esters is 1. The highest BCUT2D eigenvalue weighted by Gasteiger charge is 2.63. The van der Waals surface area contributed by atoms with Gasteiger partial charge in [0.1, 0.15) is 46.3 Å². The first-order valence-corrected chi connectivity index (χ1v) is 27.3. The Labute approximate surface area is 455 Å². The van der Waals surface area contributed by atoms with E-state index in [0.29, 0.717) is 79.7 Å². The van der Waals surface area contributed by atoms with Crippen LogP contribution in [0.5, 0.6) is 5.75 Å². The number of anilines is 1. The second-order valence-electron chi connectivity index (χ2n) is 20.7. The first-order chi connectivity index (χ1) is 35.9. The van der Waals surface area contributed by atoms with Gasteiger partial charge in [-0.05, 0) is 115 Å². The summed E-state index contributed by atoms with van der Waals surface area (Å²) in [5, 5.41) is 19.9. The smallest absolute Gasteiger partial charge is 0.409 e.